The van der Waals surface area contributed by atoms with E-state index in [1.54, 1.807) is 4.90 Å². The van der Waals surface area contributed by atoms with Gasteiger partial charge in [0.15, 0.2) is 0 Å². The van der Waals surface area contributed by atoms with Crippen LogP contribution in [0.15, 0.2) is 0 Å². The zero-order valence-electron chi connectivity index (χ0n) is 10.8. The molecule has 1 saturated carbocycles. The summed E-state index contributed by atoms with van der Waals surface area (Å²) in [5.74, 6) is -0.154. The lowest BCUT2D eigenvalue weighted by Gasteiger charge is -2.33. The Kier molecular flexibility index (Phi) is 4.06. The predicted octanol–water partition coefficient (Wildman–Crippen LogP) is 0.197. The molecule has 0 aromatic heterocycles. The molecule has 0 aromatic carbocycles. The fourth-order valence-corrected chi connectivity index (χ4v) is 2.43. The average molecular weight is 255 g/mol. The molecular formula is C12H21N3O3. The molecule has 18 heavy (non-hydrogen) atoms. The third-order valence-electron chi connectivity index (χ3n) is 3.77. The smallest absolute Gasteiger partial charge is 0.317 e. The first-order valence-electron chi connectivity index (χ1n) is 6.59. The minimum absolute atomic E-state index is 0.00549. The van der Waals surface area contributed by atoms with Crippen LogP contribution in [0.25, 0.3) is 0 Å². The number of amides is 2. The molecule has 102 valence electrons. The molecule has 2 N–H and O–H groups in total. The van der Waals surface area contributed by atoms with Crippen molar-refractivity contribution in [3.05, 3.63) is 0 Å². The van der Waals surface area contributed by atoms with E-state index >= 15 is 0 Å². The number of rotatable bonds is 4. The SMILES string of the molecule is CCC1CC1NC(=O)N1CCN(CC(=O)O)CC1. The Morgan fingerprint density at radius 1 is 1.28 bits per heavy atom. The molecule has 0 radical (unpaired) electrons. The molecule has 2 rings (SSSR count). The molecule has 1 aliphatic carbocycles. The van der Waals surface area contributed by atoms with E-state index in [1.807, 2.05) is 4.90 Å². The molecular weight excluding hydrogens is 234 g/mol. The highest BCUT2D eigenvalue weighted by atomic mass is 16.4. The van der Waals surface area contributed by atoms with Gasteiger partial charge in [-0.05, 0) is 12.3 Å². The van der Waals surface area contributed by atoms with Crippen molar-refractivity contribution in [3.63, 3.8) is 0 Å². The monoisotopic (exact) mass is 255 g/mol. The molecule has 2 unspecified atom stereocenters. The molecule has 0 bridgehead atoms. The fourth-order valence-electron chi connectivity index (χ4n) is 2.43. The van der Waals surface area contributed by atoms with Crippen LogP contribution in [-0.4, -0.2) is 65.7 Å². The Morgan fingerprint density at radius 2 is 1.94 bits per heavy atom. The molecule has 6 heteroatoms. The van der Waals surface area contributed by atoms with Crippen molar-refractivity contribution in [1.29, 1.82) is 0 Å². The highest BCUT2D eigenvalue weighted by molar-refractivity contribution is 5.75. The van der Waals surface area contributed by atoms with E-state index in [1.165, 1.54) is 0 Å². The summed E-state index contributed by atoms with van der Waals surface area (Å²) in [5, 5.41) is 11.7. The molecule has 0 spiro atoms. The number of carbonyl (C=O) groups is 2. The number of urea groups is 1. The van der Waals surface area contributed by atoms with E-state index in [4.69, 9.17) is 5.11 Å². The van der Waals surface area contributed by atoms with Gasteiger partial charge in [-0.3, -0.25) is 9.69 Å². The second-order valence-corrected chi connectivity index (χ2v) is 5.12. The van der Waals surface area contributed by atoms with Gasteiger partial charge in [0, 0.05) is 32.2 Å². The second kappa shape index (κ2) is 5.56. The van der Waals surface area contributed by atoms with Crippen molar-refractivity contribution in [1.82, 2.24) is 15.1 Å². The van der Waals surface area contributed by atoms with Gasteiger partial charge in [0.2, 0.25) is 0 Å². The summed E-state index contributed by atoms with van der Waals surface area (Å²) < 4.78 is 0. The van der Waals surface area contributed by atoms with Crippen LogP contribution < -0.4 is 5.32 Å². The lowest BCUT2D eigenvalue weighted by atomic mass is 10.3. The summed E-state index contributed by atoms with van der Waals surface area (Å²) in [7, 11) is 0. The number of hydrogen-bond acceptors (Lipinski definition) is 3. The Balaban J connectivity index is 1.69. The number of piperazine rings is 1. The number of nitrogens with one attached hydrogen (secondary N) is 1. The number of nitrogens with zero attached hydrogens (tertiary/aromatic N) is 2. The van der Waals surface area contributed by atoms with Gasteiger partial charge in [0.05, 0.1) is 6.54 Å². The minimum atomic E-state index is -0.809. The maximum Gasteiger partial charge on any atom is 0.317 e. The third-order valence-corrected chi connectivity index (χ3v) is 3.77. The maximum atomic E-state index is 11.9. The van der Waals surface area contributed by atoms with Crippen LogP contribution in [0.3, 0.4) is 0 Å². The van der Waals surface area contributed by atoms with Gasteiger partial charge in [0.1, 0.15) is 0 Å². The Labute approximate surface area is 107 Å². The van der Waals surface area contributed by atoms with E-state index in [0.29, 0.717) is 38.1 Å². The molecule has 0 aromatic rings. The number of hydrogen-bond donors (Lipinski definition) is 2. The largest absolute Gasteiger partial charge is 0.480 e. The van der Waals surface area contributed by atoms with Crippen LogP contribution in [0.1, 0.15) is 19.8 Å². The van der Waals surface area contributed by atoms with Crippen molar-refractivity contribution in [3.8, 4) is 0 Å². The summed E-state index contributed by atoms with van der Waals surface area (Å²) in [4.78, 5) is 26.1. The van der Waals surface area contributed by atoms with Crippen LogP contribution in [0, 0.1) is 5.92 Å². The highest BCUT2D eigenvalue weighted by Gasteiger charge is 2.37. The van der Waals surface area contributed by atoms with Crippen molar-refractivity contribution >= 4 is 12.0 Å². The van der Waals surface area contributed by atoms with E-state index < -0.39 is 5.97 Å². The van der Waals surface area contributed by atoms with Crippen LogP contribution in [0.4, 0.5) is 4.79 Å². The normalized spacial score (nSPS) is 27.9. The fraction of sp³-hybridized carbons (Fsp3) is 0.833. The Hall–Kier alpha value is -1.30. The van der Waals surface area contributed by atoms with Gasteiger partial charge in [0.25, 0.3) is 0 Å². The number of carboxylic acids is 1. The summed E-state index contributed by atoms with van der Waals surface area (Å²) in [5.41, 5.74) is 0. The van der Waals surface area contributed by atoms with Crippen LogP contribution in [0.2, 0.25) is 0 Å². The molecule has 2 fully saturated rings. The lowest BCUT2D eigenvalue weighted by molar-refractivity contribution is -0.138. The Bertz CT molecular complexity index is 327. The number of carboxylic acid groups (broad SMARTS) is 1. The summed E-state index contributed by atoms with van der Waals surface area (Å²) in [6.07, 6.45) is 2.22. The maximum absolute atomic E-state index is 11.9. The molecule has 1 aliphatic heterocycles. The standard InChI is InChI=1S/C12H21N3O3/c1-2-9-7-10(9)13-12(18)15-5-3-14(4-6-15)8-11(16)17/h9-10H,2-8H2,1H3,(H,13,18)(H,16,17). The van der Waals surface area contributed by atoms with E-state index in [0.717, 1.165) is 12.8 Å². The van der Waals surface area contributed by atoms with Gasteiger partial charge in [-0.15, -0.1) is 0 Å². The van der Waals surface area contributed by atoms with E-state index in [9.17, 15) is 9.59 Å². The van der Waals surface area contributed by atoms with Crippen molar-refractivity contribution in [2.45, 2.75) is 25.8 Å². The summed E-state index contributed by atoms with van der Waals surface area (Å²) >= 11 is 0. The number of aliphatic carboxylic acids is 1. The van der Waals surface area contributed by atoms with Crippen molar-refractivity contribution < 1.29 is 14.7 Å². The lowest BCUT2D eigenvalue weighted by Crippen LogP contribution is -2.53. The van der Waals surface area contributed by atoms with Gasteiger partial charge in [-0.2, -0.15) is 0 Å². The van der Waals surface area contributed by atoms with Gasteiger partial charge in [-0.1, -0.05) is 13.3 Å². The quantitative estimate of drug-likeness (QED) is 0.752. The van der Waals surface area contributed by atoms with E-state index in [2.05, 4.69) is 12.2 Å². The number of carbonyl (C=O) groups excluding carboxylic acids is 1. The molecule has 1 saturated heterocycles. The first-order valence-corrected chi connectivity index (χ1v) is 6.59. The highest BCUT2D eigenvalue weighted by Crippen LogP contribution is 2.33. The molecule has 6 nitrogen and oxygen atoms in total. The second-order valence-electron chi connectivity index (χ2n) is 5.12. The van der Waals surface area contributed by atoms with Gasteiger partial charge >= 0.3 is 12.0 Å². The first-order chi connectivity index (χ1) is 8.60. The molecule has 2 amide bonds. The predicted molar refractivity (Wildman–Crippen MR) is 66.4 cm³/mol. The van der Waals surface area contributed by atoms with Crippen molar-refractivity contribution in [2.24, 2.45) is 5.92 Å². The average Bonchev–Trinajstić information content (AvgIpc) is 3.07. The summed E-state index contributed by atoms with van der Waals surface area (Å²) in [6.45, 7) is 4.71. The Morgan fingerprint density at radius 3 is 2.44 bits per heavy atom. The summed E-state index contributed by atoms with van der Waals surface area (Å²) in [6, 6.07) is 0.366. The van der Waals surface area contributed by atoms with Crippen LogP contribution >= 0.6 is 0 Å². The zero-order chi connectivity index (χ0) is 13.1. The van der Waals surface area contributed by atoms with Crippen molar-refractivity contribution in [2.75, 3.05) is 32.7 Å². The van der Waals surface area contributed by atoms with E-state index in [-0.39, 0.29) is 12.6 Å². The third kappa shape index (κ3) is 3.35. The van der Waals surface area contributed by atoms with Gasteiger partial charge in [-0.25, -0.2) is 4.79 Å². The molecule has 2 aliphatic rings. The zero-order valence-corrected chi connectivity index (χ0v) is 10.8. The van der Waals surface area contributed by atoms with Crippen LogP contribution in [-0.2, 0) is 4.79 Å². The minimum Gasteiger partial charge on any atom is -0.480 e. The van der Waals surface area contributed by atoms with Crippen LogP contribution in [0.5, 0.6) is 0 Å². The first kappa shape index (κ1) is 13.1. The van der Waals surface area contributed by atoms with Gasteiger partial charge < -0.3 is 15.3 Å². The molecule has 2 atom stereocenters. The topological polar surface area (TPSA) is 72.9 Å². The molecule has 1 heterocycles.